The van der Waals surface area contributed by atoms with Crippen LogP contribution in [0.25, 0.3) is 0 Å². The van der Waals surface area contributed by atoms with Crippen LogP contribution >= 0.6 is 35.6 Å². The van der Waals surface area contributed by atoms with E-state index in [1.54, 1.807) is 11.8 Å². The van der Waals surface area contributed by atoms with Crippen LogP contribution in [-0.4, -0.2) is 21.5 Å². The number of furan rings is 1. The first-order chi connectivity index (χ1) is 14.0. The fraction of sp³-hybridized carbons (Fsp3) is 0.273. The second-order valence-electron chi connectivity index (χ2n) is 7.39. The molecule has 1 fully saturated rings. The average molecular weight is 444 g/mol. The SMILES string of the molecule is CC(C)CN1C(=S)N[C@H](c2ccccn2)[C@@H]1c1ccc(Sc2ccc(Cl)cc2)o1. The summed E-state index contributed by atoms with van der Waals surface area (Å²) < 4.78 is 6.27. The molecule has 1 N–H and O–H groups in total. The molecule has 0 spiro atoms. The fourth-order valence-corrected chi connectivity index (χ4v) is 4.69. The van der Waals surface area contributed by atoms with Gasteiger partial charge in [-0.1, -0.05) is 43.3 Å². The third kappa shape index (κ3) is 4.60. The van der Waals surface area contributed by atoms with E-state index in [0.717, 1.165) is 38.1 Å². The number of hydrogen-bond donors (Lipinski definition) is 1. The van der Waals surface area contributed by atoms with Crippen molar-refractivity contribution in [3.63, 3.8) is 0 Å². The van der Waals surface area contributed by atoms with Crippen LogP contribution in [0.3, 0.4) is 0 Å². The van der Waals surface area contributed by atoms with E-state index in [0.29, 0.717) is 5.92 Å². The zero-order valence-corrected chi connectivity index (χ0v) is 18.6. The van der Waals surface area contributed by atoms with Gasteiger partial charge in [-0.2, -0.15) is 0 Å². The Hall–Kier alpha value is -2.02. The van der Waals surface area contributed by atoms with Gasteiger partial charge < -0.3 is 14.6 Å². The highest BCUT2D eigenvalue weighted by molar-refractivity contribution is 7.99. The van der Waals surface area contributed by atoms with Crippen LogP contribution < -0.4 is 5.32 Å². The predicted octanol–water partition coefficient (Wildman–Crippen LogP) is 6.11. The van der Waals surface area contributed by atoms with E-state index in [-0.39, 0.29) is 12.1 Å². The highest BCUT2D eigenvalue weighted by atomic mass is 35.5. The lowest BCUT2D eigenvalue weighted by atomic mass is 10.0. The van der Waals surface area contributed by atoms with Crippen molar-refractivity contribution in [2.24, 2.45) is 5.92 Å². The van der Waals surface area contributed by atoms with Crippen LogP contribution in [0.5, 0.6) is 0 Å². The lowest BCUT2D eigenvalue weighted by molar-refractivity contribution is 0.242. The van der Waals surface area contributed by atoms with Gasteiger partial charge in [-0.3, -0.25) is 4.98 Å². The van der Waals surface area contributed by atoms with E-state index in [1.165, 1.54) is 0 Å². The molecular weight excluding hydrogens is 422 g/mol. The van der Waals surface area contributed by atoms with Gasteiger partial charge in [0.25, 0.3) is 0 Å². The summed E-state index contributed by atoms with van der Waals surface area (Å²) in [6.45, 7) is 5.23. The van der Waals surface area contributed by atoms with E-state index in [9.17, 15) is 0 Å². The van der Waals surface area contributed by atoms with Crippen LogP contribution in [0.4, 0.5) is 0 Å². The van der Waals surface area contributed by atoms with E-state index < -0.39 is 0 Å². The Bertz CT molecular complexity index is 975. The maximum atomic E-state index is 6.27. The Labute approximate surface area is 185 Å². The largest absolute Gasteiger partial charge is 0.452 e. The molecule has 150 valence electrons. The number of hydrogen-bond acceptors (Lipinski definition) is 4. The number of thiocarbonyl (C=S) groups is 1. The van der Waals surface area contributed by atoms with Gasteiger partial charge in [-0.05, 0) is 66.7 Å². The standard InChI is InChI=1S/C22H22ClN3OS2/c1-14(2)13-26-21(20(25-22(26)28)17-5-3-4-12-24-17)18-10-11-19(27-18)29-16-8-6-15(23)7-9-16/h3-12,14,20-21H,13H2,1-2H3,(H,25,28)/t20-,21+/m1/s1. The van der Waals surface area contributed by atoms with E-state index >= 15 is 0 Å². The number of nitrogens with zero attached hydrogens (tertiary/aromatic N) is 2. The number of benzene rings is 1. The Morgan fingerprint density at radius 1 is 1.17 bits per heavy atom. The van der Waals surface area contributed by atoms with E-state index in [2.05, 4.69) is 29.0 Å². The summed E-state index contributed by atoms with van der Waals surface area (Å²) in [5, 5.41) is 5.75. The molecule has 3 aromatic rings. The highest BCUT2D eigenvalue weighted by Gasteiger charge is 2.41. The van der Waals surface area contributed by atoms with Gasteiger partial charge in [0.1, 0.15) is 11.8 Å². The third-order valence-electron chi connectivity index (χ3n) is 4.69. The van der Waals surface area contributed by atoms with Crippen LogP contribution in [0, 0.1) is 5.92 Å². The van der Waals surface area contributed by atoms with Crippen molar-refractivity contribution >= 4 is 40.7 Å². The number of pyridine rings is 1. The molecule has 0 radical (unpaired) electrons. The second kappa shape index (κ2) is 8.78. The minimum atomic E-state index is -0.0537. The van der Waals surface area contributed by atoms with Gasteiger partial charge in [0.05, 0.1) is 11.7 Å². The number of aromatic nitrogens is 1. The van der Waals surface area contributed by atoms with Crippen molar-refractivity contribution in [1.29, 1.82) is 0 Å². The quantitative estimate of drug-likeness (QED) is 0.463. The van der Waals surface area contributed by atoms with Crippen molar-refractivity contribution in [2.75, 3.05) is 6.54 Å². The zero-order valence-electron chi connectivity index (χ0n) is 16.2. The van der Waals surface area contributed by atoms with Gasteiger partial charge in [-0.15, -0.1) is 0 Å². The summed E-state index contributed by atoms with van der Waals surface area (Å²) in [5.74, 6) is 1.35. The second-order valence-corrected chi connectivity index (χ2v) is 9.29. The highest BCUT2D eigenvalue weighted by Crippen LogP contribution is 2.41. The molecule has 1 aliphatic heterocycles. The molecular formula is C22H22ClN3OS2. The Kier molecular flexibility index (Phi) is 6.13. The van der Waals surface area contributed by atoms with Crippen LogP contribution in [0.1, 0.15) is 37.4 Å². The van der Waals surface area contributed by atoms with Crippen molar-refractivity contribution in [3.05, 3.63) is 77.3 Å². The zero-order chi connectivity index (χ0) is 20.4. The van der Waals surface area contributed by atoms with Gasteiger partial charge in [0.2, 0.25) is 0 Å². The fourth-order valence-electron chi connectivity index (χ4n) is 3.47. The molecule has 0 amide bonds. The number of rotatable bonds is 6. The maximum absolute atomic E-state index is 6.27. The summed E-state index contributed by atoms with van der Waals surface area (Å²) in [6, 6.07) is 17.7. The van der Waals surface area contributed by atoms with E-state index in [4.69, 9.17) is 28.2 Å². The summed E-state index contributed by atoms with van der Waals surface area (Å²) in [4.78, 5) is 7.86. The van der Waals surface area contributed by atoms with Gasteiger partial charge in [0, 0.05) is 22.7 Å². The van der Waals surface area contributed by atoms with Gasteiger partial charge >= 0.3 is 0 Å². The summed E-state index contributed by atoms with van der Waals surface area (Å²) in [5.41, 5.74) is 0.953. The molecule has 0 aliphatic carbocycles. The molecule has 29 heavy (non-hydrogen) atoms. The Morgan fingerprint density at radius 2 is 1.97 bits per heavy atom. The molecule has 0 bridgehead atoms. The molecule has 7 heteroatoms. The van der Waals surface area contributed by atoms with Gasteiger partial charge in [0.15, 0.2) is 10.2 Å². The van der Waals surface area contributed by atoms with Crippen LogP contribution in [-0.2, 0) is 0 Å². The van der Waals surface area contributed by atoms with Gasteiger partial charge in [-0.25, -0.2) is 0 Å². The molecule has 0 saturated carbocycles. The van der Waals surface area contributed by atoms with Crippen molar-refractivity contribution in [3.8, 4) is 0 Å². The van der Waals surface area contributed by atoms with Crippen molar-refractivity contribution in [1.82, 2.24) is 15.2 Å². The molecule has 0 unspecified atom stereocenters. The third-order valence-corrected chi connectivity index (χ3v) is 6.22. The molecule has 1 aliphatic rings. The lowest BCUT2D eigenvalue weighted by Gasteiger charge is -2.27. The molecule has 2 aromatic heterocycles. The Morgan fingerprint density at radius 3 is 2.66 bits per heavy atom. The topological polar surface area (TPSA) is 41.3 Å². The maximum Gasteiger partial charge on any atom is 0.170 e. The minimum Gasteiger partial charge on any atom is -0.452 e. The van der Waals surface area contributed by atoms with Crippen molar-refractivity contribution < 1.29 is 4.42 Å². The minimum absolute atomic E-state index is 0.0423. The Balaban J connectivity index is 1.64. The summed E-state index contributed by atoms with van der Waals surface area (Å²) >= 11 is 13.2. The van der Waals surface area contributed by atoms with Crippen LogP contribution in [0.2, 0.25) is 5.02 Å². The molecule has 1 aromatic carbocycles. The average Bonchev–Trinajstić information content (AvgIpc) is 3.28. The molecule has 1 saturated heterocycles. The molecule has 4 nitrogen and oxygen atoms in total. The summed E-state index contributed by atoms with van der Waals surface area (Å²) in [7, 11) is 0. The molecule has 3 heterocycles. The molecule has 2 atom stereocenters. The molecule has 4 rings (SSSR count). The lowest BCUT2D eigenvalue weighted by Crippen LogP contribution is -2.32. The first-order valence-electron chi connectivity index (χ1n) is 9.52. The predicted molar refractivity (Wildman–Crippen MR) is 121 cm³/mol. The normalized spacial score (nSPS) is 19.0. The smallest absolute Gasteiger partial charge is 0.170 e. The van der Waals surface area contributed by atoms with E-state index in [1.807, 2.05) is 60.8 Å². The number of halogens is 1. The summed E-state index contributed by atoms with van der Waals surface area (Å²) in [6.07, 6.45) is 1.81. The first kappa shape index (κ1) is 20.3. The first-order valence-corrected chi connectivity index (χ1v) is 11.1. The number of nitrogens with one attached hydrogen (secondary N) is 1. The monoisotopic (exact) mass is 443 g/mol. The van der Waals surface area contributed by atoms with Crippen molar-refractivity contribution in [2.45, 2.75) is 35.9 Å². The van der Waals surface area contributed by atoms with Crippen LogP contribution in [0.15, 0.2) is 75.2 Å².